The van der Waals surface area contributed by atoms with Crippen molar-refractivity contribution in [3.8, 4) is 11.3 Å². The number of aryl methyl sites for hydroxylation is 3. The third kappa shape index (κ3) is 1.82. The summed E-state index contributed by atoms with van der Waals surface area (Å²) < 4.78 is 5.98. The van der Waals surface area contributed by atoms with E-state index < -0.39 is 0 Å². The van der Waals surface area contributed by atoms with Crippen LogP contribution in [0, 0.1) is 20.8 Å². The molecule has 2 aromatic carbocycles. The van der Waals surface area contributed by atoms with Crippen LogP contribution in [0.1, 0.15) is 16.7 Å². The fourth-order valence-electron chi connectivity index (χ4n) is 2.37. The number of benzene rings is 2. The summed E-state index contributed by atoms with van der Waals surface area (Å²) >= 11 is 0. The van der Waals surface area contributed by atoms with Gasteiger partial charge in [0.2, 0.25) is 0 Å². The molecule has 0 saturated heterocycles. The largest absolute Gasteiger partial charge is 0.456 e. The number of furan rings is 1. The minimum atomic E-state index is 0.943. The van der Waals surface area contributed by atoms with Gasteiger partial charge in [-0.05, 0) is 38.5 Å². The molecule has 18 heavy (non-hydrogen) atoms. The second kappa shape index (κ2) is 4.02. The summed E-state index contributed by atoms with van der Waals surface area (Å²) in [6, 6.07) is 14.9. The highest BCUT2D eigenvalue weighted by Crippen LogP contribution is 2.30. The lowest BCUT2D eigenvalue weighted by Crippen LogP contribution is -1.76. The van der Waals surface area contributed by atoms with Crippen molar-refractivity contribution >= 4 is 11.0 Å². The Bertz CT molecular complexity index is 702. The Balaban J connectivity index is 2.19. The lowest BCUT2D eigenvalue weighted by molar-refractivity contribution is 0.629. The summed E-state index contributed by atoms with van der Waals surface area (Å²) in [5.74, 6) is 0.943. The van der Waals surface area contributed by atoms with Gasteiger partial charge in [-0.25, -0.2) is 0 Å². The van der Waals surface area contributed by atoms with E-state index in [1.54, 1.807) is 0 Å². The Kier molecular flexibility index (Phi) is 2.48. The molecular formula is C17H16O. The molecule has 3 rings (SSSR count). The smallest absolute Gasteiger partial charge is 0.137 e. The number of hydrogen-bond donors (Lipinski definition) is 0. The van der Waals surface area contributed by atoms with Crippen molar-refractivity contribution in [1.82, 2.24) is 0 Å². The van der Waals surface area contributed by atoms with E-state index in [1.165, 1.54) is 22.1 Å². The maximum Gasteiger partial charge on any atom is 0.137 e. The first-order valence-corrected chi connectivity index (χ1v) is 6.21. The number of fused-ring (bicyclic) bond motifs is 1. The predicted molar refractivity (Wildman–Crippen MR) is 75.9 cm³/mol. The van der Waals surface area contributed by atoms with E-state index in [2.05, 4.69) is 63.2 Å². The molecule has 0 amide bonds. The Morgan fingerprint density at radius 3 is 2.22 bits per heavy atom. The van der Waals surface area contributed by atoms with Crippen LogP contribution in [0.5, 0.6) is 0 Å². The van der Waals surface area contributed by atoms with Gasteiger partial charge in [-0.3, -0.25) is 0 Å². The van der Waals surface area contributed by atoms with Crippen LogP contribution in [0.4, 0.5) is 0 Å². The van der Waals surface area contributed by atoms with Crippen LogP contribution in [0.3, 0.4) is 0 Å². The molecule has 0 bridgehead atoms. The Hall–Kier alpha value is -2.02. The van der Waals surface area contributed by atoms with Crippen LogP contribution >= 0.6 is 0 Å². The Morgan fingerprint density at radius 2 is 1.50 bits per heavy atom. The van der Waals surface area contributed by atoms with E-state index in [1.807, 2.05) is 0 Å². The normalized spacial score (nSPS) is 11.1. The number of rotatable bonds is 1. The maximum atomic E-state index is 5.98. The van der Waals surface area contributed by atoms with Gasteiger partial charge in [-0.15, -0.1) is 0 Å². The van der Waals surface area contributed by atoms with Crippen molar-refractivity contribution in [2.45, 2.75) is 20.8 Å². The second-order valence-corrected chi connectivity index (χ2v) is 4.98. The fraction of sp³-hybridized carbons (Fsp3) is 0.176. The highest BCUT2D eigenvalue weighted by atomic mass is 16.3. The van der Waals surface area contributed by atoms with E-state index in [0.29, 0.717) is 0 Å². The molecule has 3 aromatic rings. The zero-order chi connectivity index (χ0) is 12.7. The van der Waals surface area contributed by atoms with Crippen molar-refractivity contribution in [2.24, 2.45) is 0 Å². The monoisotopic (exact) mass is 236 g/mol. The predicted octanol–water partition coefficient (Wildman–Crippen LogP) is 5.03. The van der Waals surface area contributed by atoms with E-state index in [9.17, 15) is 0 Å². The zero-order valence-corrected chi connectivity index (χ0v) is 10.9. The van der Waals surface area contributed by atoms with E-state index in [4.69, 9.17) is 4.42 Å². The summed E-state index contributed by atoms with van der Waals surface area (Å²) in [7, 11) is 0. The van der Waals surface area contributed by atoms with Gasteiger partial charge in [-0.2, -0.15) is 0 Å². The fourth-order valence-corrected chi connectivity index (χ4v) is 2.37. The first-order valence-electron chi connectivity index (χ1n) is 6.21. The molecule has 1 heteroatoms. The Morgan fingerprint density at radius 1 is 0.778 bits per heavy atom. The first-order chi connectivity index (χ1) is 8.63. The molecule has 0 spiro atoms. The van der Waals surface area contributed by atoms with Gasteiger partial charge in [0.15, 0.2) is 0 Å². The molecule has 0 atom stereocenters. The van der Waals surface area contributed by atoms with Gasteiger partial charge in [0.25, 0.3) is 0 Å². The first kappa shape index (κ1) is 11.1. The lowest BCUT2D eigenvalue weighted by atomic mass is 10.1. The number of hydrogen-bond acceptors (Lipinski definition) is 1. The van der Waals surface area contributed by atoms with Crippen molar-refractivity contribution in [1.29, 1.82) is 0 Å². The molecule has 90 valence electrons. The molecule has 1 nitrogen and oxygen atoms in total. The lowest BCUT2D eigenvalue weighted by Gasteiger charge is -1.98. The van der Waals surface area contributed by atoms with Gasteiger partial charge in [0.1, 0.15) is 11.3 Å². The van der Waals surface area contributed by atoms with E-state index >= 15 is 0 Å². The van der Waals surface area contributed by atoms with E-state index in [0.717, 1.165) is 16.9 Å². The summed E-state index contributed by atoms with van der Waals surface area (Å²) in [6.45, 7) is 6.30. The molecule has 0 fully saturated rings. The van der Waals surface area contributed by atoms with Crippen molar-refractivity contribution < 1.29 is 4.42 Å². The van der Waals surface area contributed by atoms with Crippen LogP contribution < -0.4 is 0 Å². The van der Waals surface area contributed by atoms with Crippen LogP contribution in [0.2, 0.25) is 0 Å². The summed E-state index contributed by atoms with van der Waals surface area (Å²) in [5, 5.41) is 1.18. The van der Waals surface area contributed by atoms with Gasteiger partial charge in [0, 0.05) is 10.9 Å². The van der Waals surface area contributed by atoms with Crippen molar-refractivity contribution in [2.75, 3.05) is 0 Å². The van der Waals surface area contributed by atoms with Crippen molar-refractivity contribution in [3.05, 3.63) is 59.2 Å². The Labute approximate surface area is 107 Å². The maximum absolute atomic E-state index is 5.98. The molecule has 0 saturated carbocycles. The van der Waals surface area contributed by atoms with Crippen molar-refractivity contribution in [3.63, 3.8) is 0 Å². The average molecular weight is 236 g/mol. The quantitative estimate of drug-likeness (QED) is 0.578. The zero-order valence-electron chi connectivity index (χ0n) is 10.9. The molecule has 0 aliphatic heterocycles. The molecule has 0 radical (unpaired) electrons. The molecule has 0 unspecified atom stereocenters. The highest BCUT2D eigenvalue weighted by Gasteiger charge is 2.08. The molecule has 0 N–H and O–H groups in total. The van der Waals surface area contributed by atoms with Gasteiger partial charge < -0.3 is 4.42 Å². The summed E-state index contributed by atoms with van der Waals surface area (Å²) in [6.07, 6.45) is 0. The topological polar surface area (TPSA) is 13.1 Å². The van der Waals surface area contributed by atoms with Gasteiger partial charge in [-0.1, -0.05) is 41.5 Å². The molecule has 1 aromatic heterocycles. The summed E-state index contributed by atoms with van der Waals surface area (Å²) in [4.78, 5) is 0. The molecular weight excluding hydrogens is 220 g/mol. The molecule has 0 aliphatic rings. The SMILES string of the molecule is Cc1ccc(-c2cc3cc(C)cc(C)c3o2)cc1. The van der Waals surface area contributed by atoms with E-state index in [-0.39, 0.29) is 0 Å². The third-order valence-corrected chi connectivity index (χ3v) is 3.28. The van der Waals surface area contributed by atoms with Crippen LogP contribution in [0.15, 0.2) is 46.9 Å². The minimum Gasteiger partial charge on any atom is -0.456 e. The third-order valence-electron chi connectivity index (χ3n) is 3.28. The van der Waals surface area contributed by atoms with Crippen LogP contribution in [-0.4, -0.2) is 0 Å². The highest BCUT2D eigenvalue weighted by molar-refractivity contribution is 5.85. The standard InChI is InChI=1S/C17H16O/c1-11-4-6-14(7-5-11)16-10-15-9-12(2)8-13(3)17(15)18-16/h4-10H,1-3H3. The van der Waals surface area contributed by atoms with Crippen LogP contribution in [-0.2, 0) is 0 Å². The van der Waals surface area contributed by atoms with Gasteiger partial charge in [0.05, 0.1) is 0 Å². The second-order valence-electron chi connectivity index (χ2n) is 4.98. The summed E-state index contributed by atoms with van der Waals surface area (Å²) in [5.41, 5.74) is 5.87. The molecule has 1 heterocycles. The molecule has 0 aliphatic carbocycles. The minimum absolute atomic E-state index is 0.943. The van der Waals surface area contributed by atoms with Gasteiger partial charge >= 0.3 is 0 Å². The van der Waals surface area contributed by atoms with Crippen LogP contribution in [0.25, 0.3) is 22.3 Å². The average Bonchev–Trinajstić information content (AvgIpc) is 2.74.